The van der Waals surface area contributed by atoms with Crippen molar-refractivity contribution >= 4 is 21.8 Å². The molecule has 1 atom stereocenters. The summed E-state index contributed by atoms with van der Waals surface area (Å²) < 4.78 is 2.27. The van der Waals surface area contributed by atoms with E-state index in [1.54, 1.807) is 0 Å². The van der Waals surface area contributed by atoms with Crippen LogP contribution in [0, 0.1) is 22.7 Å². The van der Waals surface area contributed by atoms with Crippen LogP contribution in [0.5, 0.6) is 0 Å². The molecule has 190 valence electrons. The number of hydrogen-bond donors (Lipinski definition) is 1. The first kappa shape index (κ1) is 23.9. The van der Waals surface area contributed by atoms with Crippen molar-refractivity contribution in [1.29, 1.82) is 10.5 Å². The first-order valence-electron chi connectivity index (χ1n) is 13.2. The zero-order chi connectivity index (χ0) is 27.4. The Kier molecular flexibility index (Phi) is 5.51. The molecule has 0 spiro atoms. The summed E-state index contributed by atoms with van der Waals surface area (Å²) >= 11 is 0. The topological polar surface area (TPSA) is 76.0 Å². The highest BCUT2D eigenvalue weighted by atomic mass is 16.3. The summed E-state index contributed by atoms with van der Waals surface area (Å²) in [4.78, 5) is 1.94. The van der Waals surface area contributed by atoms with E-state index in [9.17, 15) is 15.6 Å². The fraction of sp³-hybridized carbons (Fsp3) is 0.0857. The predicted molar refractivity (Wildman–Crippen MR) is 158 cm³/mol. The molecular formula is C35H24N4O. The van der Waals surface area contributed by atoms with Gasteiger partial charge in [-0.05, 0) is 77.3 Å². The van der Waals surface area contributed by atoms with E-state index < -0.39 is 6.23 Å². The zero-order valence-corrected chi connectivity index (χ0v) is 21.8. The molecule has 0 saturated carbocycles. The number of nitriles is 2. The first-order valence-corrected chi connectivity index (χ1v) is 13.2. The van der Waals surface area contributed by atoms with Gasteiger partial charge in [0.15, 0.2) is 0 Å². The number of fused-ring (bicyclic) bond motifs is 4. The van der Waals surface area contributed by atoms with Crippen LogP contribution >= 0.6 is 0 Å². The molecule has 0 amide bonds. The van der Waals surface area contributed by atoms with Crippen molar-refractivity contribution in [2.24, 2.45) is 0 Å². The van der Waals surface area contributed by atoms with Crippen LogP contribution in [0.2, 0.25) is 0 Å². The van der Waals surface area contributed by atoms with Crippen LogP contribution in [0.25, 0.3) is 49.7 Å². The van der Waals surface area contributed by atoms with E-state index >= 15 is 0 Å². The molecule has 6 aromatic rings. The molecule has 1 aromatic heterocycles. The maximum absolute atomic E-state index is 10.8. The second-order valence-electron chi connectivity index (χ2n) is 10.2. The van der Waals surface area contributed by atoms with Crippen LogP contribution in [-0.4, -0.2) is 21.6 Å². The van der Waals surface area contributed by atoms with Crippen molar-refractivity contribution in [1.82, 2.24) is 9.47 Å². The summed E-state index contributed by atoms with van der Waals surface area (Å²) in [6, 6.07) is 38.8. The number of hydrogen-bond acceptors (Lipinski definition) is 4. The van der Waals surface area contributed by atoms with Gasteiger partial charge in [0.1, 0.15) is 6.23 Å². The second kappa shape index (κ2) is 9.22. The van der Waals surface area contributed by atoms with Crippen LogP contribution < -0.4 is 0 Å². The highest BCUT2D eigenvalue weighted by molar-refractivity contribution is 6.12. The van der Waals surface area contributed by atoms with Gasteiger partial charge in [0.25, 0.3) is 0 Å². The van der Waals surface area contributed by atoms with Gasteiger partial charge in [0, 0.05) is 22.9 Å². The molecule has 0 saturated heterocycles. The van der Waals surface area contributed by atoms with Gasteiger partial charge in [-0.2, -0.15) is 10.5 Å². The van der Waals surface area contributed by atoms with Crippen molar-refractivity contribution < 1.29 is 5.11 Å². The molecule has 1 N–H and O–H groups in total. The van der Waals surface area contributed by atoms with Crippen molar-refractivity contribution in [3.05, 3.63) is 125 Å². The molecule has 0 bridgehead atoms. The van der Waals surface area contributed by atoms with E-state index in [1.165, 1.54) is 0 Å². The monoisotopic (exact) mass is 516 g/mol. The average Bonchev–Trinajstić information content (AvgIpc) is 3.49. The number of aromatic nitrogens is 1. The Hall–Kier alpha value is -5.20. The third kappa shape index (κ3) is 3.54. The molecule has 5 aromatic carbocycles. The van der Waals surface area contributed by atoms with Gasteiger partial charge < -0.3 is 9.67 Å². The Balaban J connectivity index is 1.55. The average molecular weight is 517 g/mol. The molecule has 7 rings (SSSR count). The van der Waals surface area contributed by atoms with Gasteiger partial charge in [0.05, 0.1) is 40.0 Å². The van der Waals surface area contributed by atoms with E-state index in [4.69, 9.17) is 0 Å². The maximum Gasteiger partial charge on any atom is 0.134 e. The lowest BCUT2D eigenvalue weighted by atomic mass is 9.96. The minimum atomic E-state index is -0.633. The van der Waals surface area contributed by atoms with Crippen LogP contribution in [-0.2, 0) is 6.54 Å². The minimum absolute atomic E-state index is 0.632. The Bertz CT molecular complexity index is 1940. The van der Waals surface area contributed by atoms with Crippen molar-refractivity contribution in [3.8, 4) is 40.1 Å². The molecule has 1 aliphatic rings. The van der Waals surface area contributed by atoms with Crippen LogP contribution in [0.15, 0.2) is 103 Å². The van der Waals surface area contributed by atoms with Crippen molar-refractivity contribution in [2.75, 3.05) is 7.05 Å². The normalized spacial score (nSPS) is 14.8. The smallest absolute Gasteiger partial charge is 0.134 e. The number of aliphatic hydroxyl groups excluding tert-OH is 1. The highest BCUT2D eigenvalue weighted by Gasteiger charge is 2.29. The summed E-state index contributed by atoms with van der Waals surface area (Å²) in [5, 5.41) is 32.4. The third-order valence-electron chi connectivity index (χ3n) is 8.01. The third-order valence-corrected chi connectivity index (χ3v) is 8.01. The number of rotatable bonds is 3. The summed E-state index contributed by atoms with van der Waals surface area (Å²) in [5.41, 5.74) is 10.1. The molecule has 0 aliphatic carbocycles. The summed E-state index contributed by atoms with van der Waals surface area (Å²) in [6.07, 6.45) is -0.633. The Labute approximate surface area is 232 Å². The maximum atomic E-state index is 10.8. The fourth-order valence-electron chi connectivity index (χ4n) is 6.07. The van der Waals surface area contributed by atoms with Crippen LogP contribution in [0.1, 0.15) is 28.5 Å². The lowest BCUT2D eigenvalue weighted by molar-refractivity contribution is 0.0337. The summed E-state index contributed by atoms with van der Waals surface area (Å²) in [5.74, 6) is 0. The van der Waals surface area contributed by atoms with E-state index in [2.05, 4.69) is 59.2 Å². The molecule has 5 heteroatoms. The number of benzene rings is 5. The van der Waals surface area contributed by atoms with Gasteiger partial charge in [0.2, 0.25) is 0 Å². The Morgan fingerprint density at radius 2 is 1.25 bits per heavy atom. The molecule has 0 fully saturated rings. The molecular weight excluding hydrogens is 492 g/mol. The first-order chi connectivity index (χ1) is 19.6. The predicted octanol–water partition coefficient (Wildman–Crippen LogP) is 7.30. The summed E-state index contributed by atoms with van der Waals surface area (Å²) in [6.45, 7) is 0.648. The van der Waals surface area contributed by atoms with Gasteiger partial charge in [-0.1, -0.05) is 60.7 Å². The highest BCUT2D eigenvalue weighted by Crippen LogP contribution is 2.41. The Morgan fingerprint density at radius 3 is 1.80 bits per heavy atom. The van der Waals surface area contributed by atoms with Crippen LogP contribution in [0.4, 0.5) is 0 Å². The van der Waals surface area contributed by atoms with Gasteiger partial charge in [-0.15, -0.1) is 0 Å². The molecule has 0 radical (unpaired) electrons. The number of aliphatic hydroxyl groups is 1. The standard InChI is InChI=1S/C35H24N4O/c1-38-21-31-28(35(38)40)11-6-12-32(31)39-33-15-13-22(26-9-4-2-7-24(26)19-36)17-29(33)30-18-23(14-16-34(30)39)27-10-5-3-8-25(27)20-37/h2-18,35,40H,21H2,1H3. The second-order valence-corrected chi connectivity index (χ2v) is 10.2. The SMILES string of the molecule is CN1Cc2c(cccc2-n2c3ccc(-c4ccccc4C#N)cc3c3cc(-c4ccccc4C#N)ccc32)C1O. The number of nitrogens with zero attached hydrogens (tertiary/aromatic N) is 4. The van der Waals surface area contributed by atoms with Crippen molar-refractivity contribution in [3.63, 3.8) is 0 Å². The largest absolute Gasteiger partial charge is 0.374 e. The van der Waals surface area contributed by atoms with Gasteiger partial charge in [-0.3, -0.25) is 4.90 Å². The lowest BCUT2D eigenvalue weighted by Crippen LogP contribution is -2.15. The van der Waals surface area contributed by atoms with E-state index in [0.717, 1.165) is 60.9 Å². The van der Waals surface area contributed by atoms with Gasteiger partial charge in [-0.25, -0.2) is 0 Å². The molecule has 1 aliphatic heterocycles. The quantitative estimate of drug-likeness (QED) is 0.268. The molecule has 1 unspecified atom stereocenters. The lowest BCUT2D eigenvalue weighted by Gasteiger charge is -2.13. The van der Waals surface area contributed by atoms with E-state index in [1.807, 2.05) is 72.6 Å². The van der Waals surface area contributed by atoms with Crippen LogP contribution in [0.3, 0.4) is 0 Å². The van der Waals surface area contributed by atoms with Gasteiger partial charge >= 0.3 is 0 Å². The van der Waals surface area contributed by atoms with E-state index in [-0.39, 0.29) is 0 Å². The van der Waals surface area contributed by atoms with Crippen molar-refractivity contribution in [2.45, 2.75) is 12.8 Å². The summed E-state index contributed by atoms with van der Waals surface area (Å²) in [7, 11) is 1.93. The van der Waals surface area contributed by atoms with E-state index in [0.29, 0.717) is 17.7 Å². The zero-order valence-electron chi connectivity index (χ0n) is 21.8. The fourth-order valence-corrected chi connectivity index (χ4v) is 6.07. The molecule has 40 heavy (non-hydrogen) atoms. The molecule has 2 heterocycles. The Morgan fingerprint density at radius 1 is 0.700 bits per heavy atom. The minimum Gasteiger partial charge on any atom is -0.374 e. The molecule has 5 nitrogen and oxygen atoms in total.